The Hall–Kier alpha value is -0.0800. The highest BCUT2D eigenvalue weighted by Crippen LogP contribution is 2.35. The van der Waals surface area contributed by atoms with Gasteiger partial charge < -0.3 is 10.2 Å². The molecule has 18 heavy (non-hydrogen) atoms. The highest BCUT2D eigenvalue weighted by Gasteiger charge is 2.31. The summed E-state index contributed by atoms with van der Waals surface area (Å²) < 4.78 is 0. The quantitative estimate of drug-likeness (QED) is 0.754. The molecule has 1 atom stereocenters. The Morgan fingerprint density at radius 1 is 1.06 bits per heavy atom. The van der Waals surface area contributed by atoms with E-state index in [1.54, 1.807) is 0 Å². The average Bonchev–Trinajstić information content (AvgIpc) is 2.37. The second kappa shape index (κ2) is 6.91. The van der Waals surface area contributed by atoms with Gasteiger partial charge in [0.15, 0.2) is 0 Å². The lowest BCUT2D eigenvalue weighted by molar-refractivity contribution is 0.164. The van der Waals surface area contributed by atoms with Gasteiger partial charge in [-0.2, -0.15) is 0 Å². The fourth-order valence-corrected chi connectivity index (χ4v) is 3.63. The maximum atomic E-state index is 3.82. The number of nitrogens with zero attached hydrogens (tertiary/aromatic N) is 1. The van der Waals surface area contributed by atoms with Crippen molar-refractivity contribution in [2.24, 2.45) is 5.41 Å². The largest absolute Gasteiger partial charge is 0.313 e. The van der Waals surface area contributed by atoms with E-state index in [4.69, 9.17) is 0 Å². The predicted molar refractivity (Wildman–Crippen MR) is 78.9 cm³/mol. The molecule has 0 bridgehead atoms. The Bertz CT molecular complexity index is 231. The Labute approximate surface area is 114 Å². The predicted octanol–water partition coefficient (Wildman–Crippen LogP) is 3.42. The lowest BCUT2D eigenvalue weighted by Crippen LogP contribution is -2.45. The second-order valence-corrected chi connectivity index (χ2v) is 7.00. The third-order valence-electron chi connectivity index (χ3n) is 5.00. The molecule has 1 N–H and O–H groups in total. The normalized spacial score (nSPS) is 29.3. The van der Waals surface area contributed by atoms with Gasteiger partial charge in [0.25, 0.3) is 0 Å². The topological polar surface area (TPSA) is 15.3 Å². The number of nitrogens with one attached hydrogen (secondary N) is 1. The molecule has 2 rings (SSSR count). The molecule has 106 valence electrons. The van der Waals surface area contributed by atoms with Crippen LogP contribution in [0.2, 0.25) is 0 Å². The van der Waals surface area contributed by atoms with Crippen LogP contribution in [0, 0.1) is 5.41 Å². The van der Waals surface area contributed by atoms with Gasteiger partial charge in [-0.1, -0.05) is 33.1 Å². The Kier molecular flexibility index (Phi) is 5.50. The van der Waals surface area contributed by atoms with Gasteiger partial charge in [-0.05, 0) is 63.7 Å². The maximum absolute atomic E-state index is 3.82. The first-order chi connectivity index (χ1) is 8.68. The molecule has 0 spiro atoms. The monoisotopic (exact) mass is 252 g/mol. The van der Waals surface area contributed by atoms with E-state index in [0.717, 1.165) is 6.04 Å². The second-order valence-electron chi connectivity index (χ2n) is 7.00. The zero-order valence-corrected chi connectivity index (χ0v) is 12.5. The zero-order chi connectivity index (χ0) is 12.8. The van der Waals surface area contributed by atoms with Crippen LogP contribution in [0.15, 0.2) is 0 Å². The van der Waals surface area contributed by atoms with E-state index < -0.39 is 0 Å². The van der Waals surface area contributed by atoms with Crippen LogP contribution in [-0.2, 0) is 0 Å². The van der Waals surface area contributed by atoms with Crippen molar-refractivity contribution in [3.63, 3.8) is 0 Å². The summed E-state index contributed by atoms with van der Waals surface area (Å²) in [5.74, 6) is 0. The van der Waals surface area contributed by atoms with Crippen molar-refractivity contribution >= 4 is 0 Å². The maximum Gasteiger partial charge on any atom is 0.0118 e. The molecule has 1 saturated carbocycles. The fourth-order valence-electron chi connectivity index (χ4n) is 3.63. The molecule has 2 heteroatoms. The molecular weight excluding hydrogens is 220 g/mol. The van der Waals surface area contributed by atoms with E-state index in [1.807, 2.05) is 0 Å². The minimum absolute atomic E-state index is 0.517. The first-order valence-corrected chi connectivity index (χ1v) is 8.14. The lowest BCUT2D eigenvalue weighted by atomic mass is 9.73. The molecule has 0 aromatic rings. The molecule has 0 radical (unpaired) electrons. The SMILES string of the molecule is CC1(C)CCCCC1NCCCN1CCCCC1. The molecule has 1 aliphatic heterocycles. The van der Waals surface area contributed by atoms with Crippen LogP contribution >= 0.6 is 0 Å². The van der Waals surface area contributed by atoms with Crippen LogP contribution in [0.5, 0.6) is 0 Å². The minimum atomic E-state index is 0.517. The zero-order valence-electron chi connectivity index (χ0n) is 12.5. The van der Waals surface area contributed by atoms with Gasteiger partial charge in [0.05, 0.1) is 0 Å². The van der Waals surface area contributed by atoms with Gasteiger partial charge in [0.1, 0.15) is 0 Å². The summed E-state index contributed by atoms with van der Waals surface area (Å²) in [7, 11) is 0. The van der Waals surface area contributed by atoms with Gasteiger partial charge in [0, 0.05) is 6.04 Å². The molecule has 0 aromatic carbocycles. The van der Waals surface area contributed by atoms with E-state index in [2.05, 4.69) is 24.1 Å². The summed E-state index contributed by atoms with van der Waals surface area (Å²) in [4.78, 5) is 2.65. The standard InChI is InChI=1S/C16H32N2/c1-16(2)10-5-4-9-15(16)17-11-8-14-18-12-6-3-7-13-18/h15,17H,3-14H2,1-2H3. The number of piperidine rings is 1. The van der Waals surface area contributed by atoms with Crippen LogP contribution in [0.3, 0.4) is 0 Å². The van der Waals surface area contributed by atoms with Crippen LogP contribution in [0.25, 0.3) is 0 Å². The van der Waals surface area contributed by atoms with Gasteiger partial charge in [-0.15, -0.1) is 0 Å². The smallest absolute Gasteiger partial charge is 0.0118 e. The summed E-state index contributed by atoms with van der Waals surface area (Å²) in [6.07, 6.45) is 11.3. The van der Waals surface area contributed by atoms with E-state index >= 15 is 0 Å². The first kappa shape index (κ1) is 14.3. The number of rotatable bonds is 5. The minimum Gasteiger partial charge on any atom is -0.313 e. The molecule has 1 unspecified atom stereocenters. The Balaban J connectivity index is 1.59. The molecule has 2 aliphatic rings. The first-order valence-electron chi connectivity index (χ1n) is 8.14. The summed E-state index contributed by atoms with van der Waals surface area (Å²) in [5, 5.41) is 3.82. The molecule has 2 nitrogen and oxygen atoms in total. The van der Waals surface area contributed by atoms with Crippen LogP contribution < -0.4 is 5.32 Å². The van der Waals surface area contributed by atoms with E-state index in [1.165, 1.54) is 77.5 Å². The third-order valence-corrected chi connectivity index (χ3v) is 5.00. The van der Waals surface area contributed by atoms with Gasteiger partial charge in [0.2, 0.25) is 0 Å². The average molecular weight is 252 g/mol. The molecule has 0 aromatic heterocycles. The van der Waals surface area contributed by atoms with E-state index in [0.29, 0.717) is 5.41 Å². The summed E-state index contributed by atoms with van der Waals surface area (Å²) in [6.45, 7) is 10.1. The highest BCUT2D eigenvalue weighted by atomic mass is 15.1. The van der Waals surface area contributed by atoms with Gasteiger partial charge in [-0.25, -0.2) is 0 Å². The van der Waals surface area contributed by atoms with Crippen molar-refractivity contribution in [1.82, 2.24) is 10.2 Å². The number of likely N-dealkylation sites (tertiary alicyclic amines) is 1. The van der Waals surface area contributed by atoms with Crippen molar-refractivity contribution in [2.45, 2.75) is 71.3 Å². The molecule has 1 heterocycles. The van der Waals surface area contributed by atoms with Crippen molar-refractivity contribution in [3.05, 3.63) is 0 Å². The van der Waals surface area contributed by atoms with Gasteiger partial charge in [-0.3, -0.25) is 0 Å². The Morgan fingerprint density at radius 3 is 2.56 bits per heavy atom. The van der Waals surface area contributed by atoms with E-state index in [-0.39, 0.29) is 0 Å². The summed E-state index contributed by atoms with van der Waals surface area (Å²) in [6, 6.07) is 0.757. The highest BCUT2D eigenvalue weighted by molar-refractivity contribution is 4.87. The Morgan fingerprint density at radius 2 is 1.83 bits per heavy atom. The van der Waals surface area contributed by atoms with Crippen LogP contribution in [0.1, 0.15) is 65.2 Å². The van der Waals surface area contributed by atoms with Gasteiger partial charge >= 0.3 is 0 Å². The van der Waals surface area contributed by atoms with E-state index in [9.17, 15) is 0 Å². The number of hydrogen-bond donors (Lipinski definition) is 1. The summed E-state index contributed by atoms with van der Waals surface area (Å²) >= 11 is 0. The third kappa shape index (κ3) is 4.24. The fraction of sp³-hybridized carbons (Fsp3) is 1.00. The van der Waals surface area contributed by atoms with Crippen molar-refractivity contribution < 1.29 is 0 Å². The molecule has 1 aliphatic carbocycles. The van der Waals surface area contributed by atoms with Crippen molar-refractivity contribution in [1.29, 1.82) is 0 Å². The number of hydrogen-bond acceptors (Lipinski definition) is 2. The van der Waals surface area contributed by atoms with Crippen LogP contribution in [-0.4, -0.2) is 37.1 Å². The van der Waals surface area contributed by atoms with Crippen molar-refractivity contribution in [3.8, 4) is 0 Å². The summed E-state index contributed by atoms with van der Waals surface area (Å²) in [5.41, 5.74) is 0.517. The molecule has 0 amide bonds. The molecular formula is C16H32N2. The van der Waals surface area contributed by atoms with Crippen molar-refractivity contribution in [2.75, 3.05) is 26.2 Å². The van der Waals surface area contributed by atoms with Crippen LogP contribution in [0.4, 0.5) is 0 Å². The lowest BCUT2D eigenvalue weighted by Gasteiger charge is -2.39. The molecule has 1 saturated heterocycles. The molecule has 2 fully saturated rings.